The van der Waals surface area contributed by atoms with E-state index in [2.05, 4.69) is 10.4 Å². The van der Waals surface area contributed by atoms with E-state index in [1.165, 1.54) is 7.11 Å². The molecule has 0 unspecified atom stereocenters. The summed E-state index contributed by atoms with van der Waals surface area (Å²) in [6.07, 6.45) is 0. The molecule has 0 radical (unpaired) electrons. The van der Waals surface area contributed by atoms with Gasteiger partial charge in [0.25, 0.3) is 5.91 Å². The van der Waals surface area contributed by atoms with Crippen LogP contribution in [0.2, 0.25) is 0 Å². The van der Waals surface area contributed by atoms with Gasteiger partial charge in [-0.1, -0.05) is 0 Å². The monoisotopic (exact) mass is 289 g/mol. The molecule has 0 atom stereocenters. The summed E-state index contributed by atoms with van der Waals surface area (Å²) < 4.78 is 12.1. The molecule has 1 heterocycles. The van der Waals surface area contributed by atoms with E-state index in [9.17, 15) is 4.79 Å². The van der Waals surface area contributed by atoms with Gasteiger partial charge in [-0.15, -0.1) is 0 Å². The number of nitrogens with one attached hydrogen (secondary N) is 1. The number of rotatable bonds is 5. The van der Waals surface area contributed by atoms with Crippen molar-refractivity contribution >= 4 is 5.91 Å². The lowest BCUT2D eigenvalue weighted by atomic mass is 10.1. The van der Waals surface area contributed by atoms with Crippen molar-refractivity contribution in [1.82, 2.24) is 15.1 Å². The largest absolute Gasteiger partial charge is 0.497 e. The second kappa shape index (κ2) is 6.30. The van der Waals surface area contributed by atoms with Crippen molar-refractivity contribution in [1.29, 1.82) is 0 Å². The molecular weight excluding hydrogens is 270 g/mol. The minimum absolute atomic E-state index is 0.210. The van der Waals surface area contributed by atoms with Crippen molar-refractivity contribution in [2.75, 3.05) is 14.2 Å². The van der Waals surface area contributed by atoms with Crippen LogP contribution in [0.4, 0.5) is 0 Å². The highest BCUT2D eigenvalue weighted by atomic mass is 16.5. The van der Waals surface area contributed by atoms with Crippen LogP contribution in [-0.2, 0) is 13.6 Å². The molecule has 0 saturated heterocycles. The Morgan fingerprint density at radius 2 is 2.05 bits per heavy atom. The number of ether oxygens (including phenoxy) is 2. The Kier molecular flexibility index (Phi) is 4.47. The zero-order chi connectivity index (χ0) is 15.4. The fourth-order valence-electron chi connectivity index (χ4n) is 1.97. The van der Waals surface area contributed by atoms with Crippen LogP contribution in [-0.4, -0.2) is 29.9 Å². The Bertz CT molecular complexity index is 630. The predicted molar refractivity (Wildman–Crippen MR) is 78.7 cm³/mol. The van der Waals surface area contributed by atoms with E-state index in [1.54, 1.807) is 30.0 Å². The number of aromatic nitrogens is 2. The lowest BCUT2D eigenvalue weighted by molar-refractivity contribution is 0.0947. The van der Waals surface area contributed by atoms with E-state index in [-0.39, 0.29) is 5.91 Å². The molecule has 0 spiro atoms. The van der Waals surface area contributed by atoms with Gasteiger partial charge in [-0.3, -0.25) is 9.48 Å². The molecule has 2 aromatic rings. The number of amides is 1. The topological polar surface area (TPSA) is 65.4 Å². The third kappa shape index (κ3) is 3.34. The zero-order valence-electron chi connectivity index (χ0n) is 12.6. The van der Waals surface area contributed by atoms with Crippen LogP contribution in [0.5, 0.6) is 11.5 Å². The summed E-state index contributed by atoms with van der Waals surface area (Å²) >= 11 is 0. The zero-order valence-corrected chi connectivity index (χ0v) is 12.6. The van der Waals surface area contributed by atoms with Crippen LogP contribution in [0, 0.1) is 6.92 Å². The quantitative estimate of drug-likeness (QED) is 0.909. The van der Waals surface area contributed by atoms with Crippen LogP contribution < -0.4 is 14.8 Å². The average molecular weight is 289 g/mol. The molecule has 6 nitrogen and oxygen atoms in total. The van der Waals surface area contributed by atoms with E-state index >= 15 is 0 Å². The SMILES string of the molecule is COc1ccc(C(=O)NCc2cc(C)n(C)n2)c(OC)c1. The fraction of sp³-hybridized carbons (Fsp3) is 0.333. The Morgan fingerprint density at radius 3 is 2.62 bits per heavy atom. The predicted octanol–water partition coefficient (Wildman–Crippen LogP) is 1.68. The summed E-state index contributed by atoms with van der Waals surface area (Å²) in [6, 6.07) is 7.02. The van der Waals surface area contributed by atoms with E-state index in [1.807, 2.05) is 20.0 Å². The van der Waals surface area contributed by atoms with E-state index in [0.717, 1.165) is 11.4 Å². The third-order valence-corrected chi connectivity index (χ3v) is 3.25. The standard InChI is InChI=1S/C15H19N3O3/c1-10-7-11(17-18(10)2)9-16-15(19)13-6-5-12(20-3)8-14(13)21-4/h5-8H,9H2,1-4H3,(H,16,19). The molecular formula is C15H19N3O3. The molecule has 2 rings (SSSR count). The average Bonchev–Trinajstić information content (AvgIpc) is 2.82. The molecule has 0 bridgehead atoms. The Hall–Kier alpha value is -2.50. The molecule has 0 aliphatic heterocycles. The van der Waals surface area contributed by atoms with Gasteiger partial charge in [0.15, 0.2) is 0 Å². The lowest BCUT2D eigenvalue weighted by Crippen LogP contribution is -2.23. The maximum absolute atomic E-state index is 12.2. The summed E-state index contributed by atoms with van der Waals surface area (Å²) in [5.74, 6) is 0.908. The first-order valence-corrected chi connectivity index (χ1v) is 6.55. The number of nitrogens with zero attached hydrogens (tertiary/aromatic N) is 2. The van der Waals surface area contributed by atoms with Gasteiger partial charge < -0.3 is 14.8 Å². The molecule has 1 aromatic heterocycles. The van der Waals surface area contributed by atoms with E-state index < -0.39 is 0 Å². The normalized spacial score (nSPS) is 10.3. The highest BCUT2D eigenvalue weighted by Gasteiger charge is 2.13. The maximum atomic E-state index is 12.2. The molecule has 0 aliphatic rings. The summed E-state index contributed by atoms with van der Waals surface area (Å²) in [7, 11) is 4.96. The van der Waals surface area contributed by atoms with Gasteiger partial charge in [-0.2, -0.15) is 5.10 Å². The summed E-state index contributed by atoms with van der Waals surface area (Å²) in [6.45, 7) is 2.33. The highest BCUT2D eigenvalue weighted by molar-refractivity contribution is 5.97. The van der Waals surface area contributed by atoms with Crippen molar-refractivity contribution in [2.24, 2.45) is 7.05 Å². The molecule has 0 fully saturated rings. The summed E-state index contributed by atoms with van der Waals surface area (Å²) in [4.78, 5) is 12.2. The minimum atomic E-state index is -0.210. The molecule has 0 aliphatic carbocycles. The van der Waals surface area contributed by atoms with E-state index in [0.29, 0.717) is 23.6 Å². The van der Waals surface area contributed by atoms with Crippen LogP contribution in [0.15, 0.2) is 24.3 Å². The molecule has 1 N–H and O–H groups in total. The lowest BCUT2D eigenvalue weighted by Gasteiger charge is -2.10. The van der Waals surface area contributed by atoms with Gasteiger partial charge in [0.1, 0.15) is 11.5 Å². The second-order valence-corrected chi connectivity index (χ2v) is 4.65. The van der Waals surface area contributed by atoms with Gasteiger partial charge >= 0.3 is 0 Å². The van der Waals surface area contributed by atoms with Crippen molar-refractivity contribution in [2.45, 2.75) is 13.5 Å². The molecule has 1 aromatic carbocycles. The van der Waals surface area contributed by atoms with Crippen LogP contribution in [0.3, 0.4) is 0 Å². The van der Waals surface area contributed by atoms with Crippen molar-refractivity contribution in [3.8, 4) is 11.5 Å². The van der Waals surface area contributed by atoms with Crippen LogP contribution >= 0.6 is 0 Å². The van der Waals surface area contributed by atoms with Gasteiger partial charge in [0.2, 0.25) is 0 Å². The highest BCUT2D eigenvalue weighted by Crippen LogP contribution is 2.24. The van der Waals surface area contributed by atoms with Gasteiger partial charge in [0.05, 0.1) is 32.0 Å². The third-order valence-electron chi connectivity index (χ3n) is 3.25. The van der Waals surface area contributed by atoms with Gasteiger partial charge in [0, 0.05) is 18.8 Å². The van der Waals surface area contributed by atoms with Gasteiger partial charge in [-0.25, -0.2) is 0 Å². The van der Waals surface area contributed by atoms with Crippen LogP contribution in [0.25, 0.3) is 0 Å². The van der Waals surface area contributed by atoms with E-state index in [4.69, 9.17) is 9.47 Å². The van der Waals surface area contributed by atoms with Crippen LogP contribution in [0.1, 0.15) is 21.7 Å². The second-order valence-electron chi connectivity index (χ2n) is 4.65. The fourth-order valence-corrected chi connectivity index (χ4v) is 1.97. The number of carbonyl (C=O) groups excluding carboxylic acids is 1. The van der Waals surface area contributed by atoms with Gasteiger partial charge in [-0.05, 0) is 25.1 Å². The number of hydrogen-bond acceptors (Lipinski definition) is 4. The number of methoxy groups -OCH3 is 2. The Morgan fingerprint density at radius 1 is 1.29 bits per heavy atom. The first kappa shape index (κ1) is 14.9. The smallest absolute Gasteiger partial charge is 0.255 e. The first-order chi connectivity index (χ1) is 10.0. The van der Waals surface area contributed by atoms with Crippen molar-refractivity contribution in [3.05, 3.63) is 41.2 Å². The molecule has 6 heteroatoms. The number of benzene rings is 1. The number of hydrogen-bond donors (Lipinski definition) is 1. The number of carbonyl (C=O) groups is 1. The summed E-state index contributed by atoms with van der Waals surface area (Å²) in [5.41, 5.74) is 2.32. The number of aryl methyl sites for hydroxylation is 2. The van der Waals surface area contributed by atoms with Crippen molar-refractivity contribution < 1.29 is 14.3 Å². The first-order valence-electron chi connectivity index (χ1n) is 6.55. The Labute approximate surface area is 123 Å². The van der Waals surface area contributed by atoms with Crippen molar-refractivity contribution in [3.63, 3.8) is 0 Å². The molecule has 0 saturated carbocycles. The minimum Gasteiger partial charge on any atom is -0.497 e. The maximum Gasteiger partial charge on any atom is 0.255 e. The molecule has 1 amide bonds. The Balaban J connectivity index is 2.09. The summed E-state index contributed by atoms with van der Waals surface area (Å²) in [5, 5.41) is 7.13. The molecule has 112 valence electrons. The molecule has 21 heavy (non-hydrogen) atoms.